The molecular formula is C20H15ClFN3O5S. The Bertz CT molecular complexity index is 1250. The van der Waals surface area contributed by atoms with Crippen LogP contribution in [0.2, 0.25) is 5.02 Å². The monoisotopic (exact) mass is 463 g/mol. The largest absolute Gasteiger partial charge is 0.322 e. The van der Waals surface area contributed by atoms with E-state index in [4.69, 9.17) is 11.6 Å². The Hall–Kier alpha value is -3.50. The molecule has 31 heavy (non-hydrogen) atoms. The van der Waals surface area contributed by atoms with Crippen molar-refractivity contribution in [2.45, 2.75) is 4.90 Å². The number of anilines is 2. The number of halogens is 2. The summed E-state index contributed by atoms with van der Waals surface area (Å²) in [5.41, 5.74) is 0.248. The maximum Gasteiger partial charge on any atom is 0.269 e. The Kier molecular flexibility index (Phi) is 6.23. The zero-order chi connectivity index (χ0) is 22.8. The number of amides is 1. The topological polar surface area (TPSA) is 110 Å². The first-order valence-corrected chi connectivity index (χ1v) is 10.5. The molecule has 1 amide bonds. The van der Waals surface area contributed by atoms with Gasteiger partial charge in [-0.2, -0.15) is 0 Å². The minimum Gasteiger partial charge on any atom is -0.322 e. The summed E-state index contributed by atoms with van der Waals surface area (Å²) in [5, 5.41) is 13.3. The van der Waals surface area contributed by atoms with E-state index in [0.29, 0.717) is 0 Å². The van der Waals surface area contributed by atoms with Gasteiger partial charge in [0, 0.05) is 24.9 Å². The number of carbonyl (C=O) groups excluding carboxylic acids is 1. The first-order valence-electron chi connectivity index (χ1n) is 8.69. The third-order valence-electron chi connectivity index (χ3n) is 4.37. The lowest BCUT2D eigenvalue weighted by Crippen LogP contribution is -2.27. The van der Waals surface area contributed by atoms with Crippen LogP contribution < -0.4 is 9.62 Å². The van der Waals surface area contributed by atoms with Crippen molar-refractivity contribution in [2.24, 2.45) is 0 Å². The van der Waals surface area contributed by atoms with Crippen LogP contribution in [0.15, 0.2) is 71.6 Å². The van der Waals surface area contributed by atoms with E-state index in [1.807, 2.05) is 0 Å². The van der Waals surface area contributed by atoms with Gasteiger partial charge < -0.3 is 5.32 Å². The number of sulfonamides is 1. The maximum atomic E-state index is 13.1. The van der Waals surface area contributed by atoms with Crippen molar-refractivity contribution in [1.82, 2.24) is 0 Å². The van der Waals surface area contributed by atoms with Gasteiger partial charge in [0.2, 0.25) is 0 Å². The molecule has 0 aromatic heterocycles. The second kappa shape index (κ2) is 8.70. The Balaban J connectivity index is 1.89. The summed E-state index contributed by atoms with van der Waals surface area (Å²) in [7, 11) is -2.77. The predicted molar refractivity (Wildman–Crippen MR) is 114 cm³/mol. The van der Waals surface area contributed by atoms with E-state index in [-0.39, 0.29) is 32.5 Å². The summed E-state index contributed by atoms with van der Waals surface area (Å²) in [6.07, 6.45) is 0. The quantitative estimate of drug-likeness (QED) is 0.428. The molecule has 0 radical (unpaired) electrons. The molecule has 3 rings (SSSR count). The van der Waals surface area contributed by atoms with Gasteiger partial charge in [0.1, 0.15) is 5.82 Å². The highest BCUT2D eigenvalue weighted by atomic mass is 35.5. The molecule has 0 saturated carbocycles. The summed E-state index contributed by atoms with van der Waals surface area (Å²) in [6, 6.07) is 13.6. The van der Waals surface area contributed by atoms with Crippen LogP contribution in [0, 0.1) is 15.9 Å². The fraction of sp³-hybridized carbons (Fsp3) is 0.0500. The fourth-order valence-electron chi connectivity index (χ4n) is 2.65. The van der Waals surface area contributed by atoms with E-state index in [9.17, 15) is 27.7 Å². The molecule has 0 fully saturated rings. The van der Waals surface area contributed by atoms with Crippen LogP contribution in [0.3, 0.4) is 0 Å². The van der Waals surface area contributed by atoms with Gasteiger partial charge in [0.25, 0.3) is 21.6 Å². The number of nitrogens with zero attached hydrogens (tertiary/aromatic N) is 2. The van der Waals surface area contributed by atoms with Crippen LogP contribution in [-0.2, 0) is 10.0 Å². The van der Waals surface area contributed by atoms with E-state index >= 15 is 0 Å². The number of benzene rings is 3. The molecule has 11 heteroatoms. The van der Waals surface area contributed by atoms with Gasteiger partial charge in [-0.1, -0.05) is 11.6 Å². The van der Waals surface area contributed by atoms with Gasteiger partial charge in [-0.15, -0.1) is 0 Å². The lowest BCUT2D eigenvalue weighted by molar-refractivity contribution is -0.384. The molecular weight excluding hydrogens is 449 g/mol. The summed E-state index contributed by atoms with van der Waals surface area (Å²) in [4.78, 5) is 22.6. The van der Waals surface area contributed by atoms with Gasteiger partial charge in [-0.05, 0) is 54.6 Å². The molecule has 0 unspecified atom stereocenters. The normalized spacial score (nSPS) is 11.1. The van der Waals surface area contributed by atoms with Crippen LogP contribution in [-0.4, -0.2) is 26.3 Å². The molecule has 0 heterocycles. The molecule has 3 aromatic carbocycles. The number of carbonyl (C=O) groups is 1. The number of nitro groups is 1. The Morgan fingerprint density at radius 1 is 1.06 bits per heavy atom. The molecule has 3 aromatic rings. The lowest BCUT2D eigenvalue weighted by Gasteiger charge is -2.20. The van der Waals surface area contributed by atoms with Crippen LogP contribution in [0.1, 0.15) is 10.4 Å². The molecule has 0 aliphatic heterocycles. The van der Waals surface area contributed by atoms with E-state index in [0.717, 1.165) is 22.5 Å². The van der Waals surface area contributed by atoms with E-state index in [2.05, 4.69) is 5.32 Å². The molecule has 160 valence electrons. The van der Waals surface area contributed by atoms with Crippen molar-refractivity contribution >= 4 is 44.6 Å². The van der Waals surface area contributed by atoms with Gasteiger partial charge in [-0.3, -0.25) is 19.2 Å². The Morgan fingerprint density at radius 3 is 2.26 bits per heavy atom. The molecule has 0 spiro atoms. The smallest absolute Gasteiger partial charge is 0.269 e. The second-order valence-corrected chi connectivity index (χ2v) is 8.73. The highest BCUT2D eigenvalue weighted by Gasteiger charge is 2.24. The Morgan fingerprint density at radius 2 is 1.68 bits per heavy atom. The molecule has 0 aliphatic carbocycles. The van der Waals surface area contributed by atoms with Crippen LogP contribution in [0.4, 0.5) is 21.5 Å². The Labute approximate surface area is 182 Å². The van der Waals surface area contributed by atoms with Gasteiger partial charge >= 0.3 is 0 Å². The van der Waals surface area contributed by atoms with Crippen LogP contribution >= 0.6 is 11.6 Å². The SMILES string of the molecule is CN(c1ccc(F)cc1)S(=O)(=O)c1ccc(Cl)c(C(=O)Nc2ccc([N+](=O)[O-])cc2)c1. The highest BCUT2D eigenvalue weighted by molar-refractivity contribution is 7.92. The number of non-ortho nitro benzene ring substituents is 1. The van der Waals surface area contributed by atoms with E-state index in [1.54, 1.807) is 0 Å². The predicted octanol–water partition coefficient (Wildman–Crippen LogP) is 4.46. The van der Waals surface area contributed by atoms with Crippen LogP contribution in [0.25, 0.3) is 0 Å². The maximum absolute atomic E-state index is 13.1. The number of hydrogen-bond donors (Lipinski definition) is 1. The minimum absolute atomic E-state index is 0.0165. The van der Waals surface area contributed by atoms with Crippen molar-refractivity contribution in [3.05, 3.63) is 93.2 Å². The van der Waals surface area contributed by atoms with Crippen molar-refractivity contribution in [3.8, 4) is 0 Å². The van der Waals surface area contributed by atoms with Gasteiger partial charge in [0.15, 0.2) is 0 Å². The standard InChI is InChI=1S/C20H15ClFN3O5S/c1-24(15-6-2-13(22)3-7-15)31(29,30)17-10-11-19(21)18(12-17)20(26)23-14-4-8-16(9-5-14)25(27)28/h2-12H,1H3,(H,23,26). The average molecular weight is 464 g/mol. The summed E-state index contributed by atoms with van der Waals surface area (Å²) in [5.74, 6) is -1.20. The molecule has 8 nitrogen and oxygen atoms in total. The summed E-state index contributed by atoms with van der Waals surface area (Å²) in [6.45, 7) is 0. The van der Waals surface area contributed by atoms with E-state index in [1.165, 1.54) is 55.6 Å². The summed E-state index contributed by atoms with van der Waals surface area (Å²) < 4.78 is 40.0. The number of nitrogens with one attached hydrogen (secondary N) is 1. The summed E-state index contributed by atoms with van der Waals surface area (Å²) >= 11 is 6.09. The molecule has 0 atom stereocenters. The third-order valence-corrected chi connectivity index (χ3v) is 6.48. The number of rotatable bonds is 6. The van der Waals surface area contributed by atoms with Crippen molar-refractivity contribution in [2.75, 3.05) is 16.7 Å². The zero-order valence-electron chi connectivity index (χ0n) is 16.0. The minimum atomic E-state index is -4.07. The van der Waals surface area contributed by atoms with Crippen molar-refractivity contribution in [1.29, 1.82) is 0 Å². The zero-order valence-corrected chi connectivity index (χ0v) is 17.5. The first kappa shape index (κ1) is 22.2. The molecule has 0 aliphatic rings. The van der Waals surface area contributed by atoms with Crippen LogP contribution in [0.5, 0.6) is 0 Å². The second-order valence-electron chi connectivity index (χ2n) is 6.35. The first-order chi connectivity index (χ1) is 14.6. The van der Waals surface area contributed by atoms with Gasteiger partial charge in [-0.25, -0.2) is 12.8 Å². The van der Waals surface area contributed by atoms with Crippen molar-refractivity contribution in [3.63, 3.8) is 0 Å². The van der Waals surface area contributed by atoms with E-state index < -0.39 is 26.7 Å². The molecule has 1 N–H and O–H groups in total. The molecule has 0 bridgehead atoms. The lowest BCUT2D eigenvalue weighted by atomic mass is 10.2. The highest BCUT2D eigenvalue weighted by Crippen LogP contribution is 2.27. The number of hydrogen-bond acceptors (Lipinski definition) is 5. The van der Waals surface area contributed by atoms with Gasteiger partial charge in [0.05, 0.1) is 26.1 Å². The van der Waals surface area contributed by atoms with Crippen molar-refractivity contribution < 1.29 is 22.5 Å². The third kappa shape index (κ3) is 4.81. The molecule has 0 saturated heterocycles. The average Bonchev–Trinajstić information content (AvgIpc) is 2.74. The fourth-order valence-corrected chi connectivity index (χ4v) is 4.08. The number of nitro benzene ring substituents is 1.